The second kappa shape index (κ2) is 5.64. The van der Waals surface area contributed by atoms with E-state index < -0.39 is 0 Å². The summed E-state index contributed by atoms with van der Waals surface area (Å²) in [5.74, 6) is 0. The van der Waals surface area contributed by atoms with Crippen molar-refractivity contribution in [2.24, 2.45) is 0 Å². The second-order valence-electron chi connectivity index (χ2n) is 7.23. The fourth-order valence-corrected chi connectivity index (χ4v) is 4.24. The highest BCUT2D eigenvalue weighted by Crippen LogP contribution is 2.40. The van der Waals surface area contributed by atoms with Crippen LogP contribution in [-0.2, 0) is 5.41 Å². The zero-order valence-electron chi connectivity index (χ0n) is 14.3. The van der Waals surface area contributed by atoms with Crippen molar-refractivity contribution in [2.45, 2.75) is 26.2 Å². The van der Waals surface area contributed by atoms with Crippen LogP contribution in [0, 0.1) is 0 Å². The highest BCUT2D eigenvalue weighted by atomic mass is 32.1. The standard InChI is InChI=1S/C22H21NS/c1-22(2,3)15-12-13-17-20(14-15)24-19-11-7-10-18(21(17)19)23-16-8-5-4-6-9-16/h4-14,23H,1-3H3. The summed E-state index contributed by atoms with van der Waals surface area (Å²) in [5, 5.41) is 6.23. The van der Waals surface area contributed by atoms with Gasteiger partial charge in [0.05, 0.1) is 0 Å². The number of anilines is 2. The van der Waals surface area contributed by atoms with Crippen LogP contribution in [-0.4, -0.2) is 0 Å². The molecule has 0 spiro atoms. The van der Waals surface area contributed by atoms with Crippen LogP contribution in [0.2, 0.25) is 0 Å². The highest BCUT2D eigenvalue weighted by Gasteiger charge is 2.16. The molecule has 1 heterocycles. The number of nitrogens with one attached hydrogen (secondary N) is 1. The number of para-hydroxylation sites is 1. The zero-order chi connectivity index (χ0) is 16.7. The van der Waals surface area contributed by atoms with Crippen molar-refractivity contribution >= 4 is 42.9 Å². The molecule has 24 heavy (non-hydrogen) atoms. The summed E-state index contributed by atoms with van der Waals surface area (Å²) in [6.07, 6.45) is 0. The molecule has 0 saturated carbocycles. The van der Waals surface area contributed by atoms with Gasteiger partial charge in [0.2, 0.25) is 0 Å². The SMILES string of the molecule is CC(C)(C)c1ccc2c(c1)sc1cccc(Nc3ccccc3)c12. The first-order valence-electron chi connectivity index (χ1n) is 8.30. The van der Waals surface area contributed by atoms with Crippen molar-refractivity contribution in [3.05, 3.63) is 72.3 Å². The van der Waals surface area contributed by atoms with E-state index in [4.69, 9.17) is 0 Å². The Hall–Kier alpha value is -2.32. The smallest absolute Gasteiger partial charge is 0.0478 e. The zero-order valence-corrected chi connectivity index (χ0v) is 15.1. The van der Waals surface area contributed by atoms with Gasteiger partial charge in [-0.25, -0.2) is 0 Å². The highest BCUT2D eigenvalue weighted by molar-refractivity contribution is 7.26. The summed E-state index contributed by atoms with van der Waals surface area (Å²) in [6.45, 7) is 6.80. The maximum Gasteiger partial charge on any atom is 0.0478 e. The summed E-state index contributed by atoms with van der Waals surface area (Å²) in [5.41, 5.74) is 3.86. The molecule has 1 aromatic heterocycles. The average molecular weight is 331 g/mol. The molecule has 4 aromatic rings. The van der Waals surface area contributed by atoms with E-state index in [2.05, 4.69) is 86.8 Å². The Morgan fingerprint density at radius 2 is 1.58 bits per heavy atom. The second-order valence-corrected chi connectivity index (χ2v) is 8.32. The molecule has 2 heteroatoms. The van der Waals surface area contributed by atoms with Gasteiger partial charge in [0, 0.05) is 31.5 Å². The largest absolute Gasteiger partial charge is 0.355 e. The third-order valence-corrected chi connectivity index (χ3v) is 5.53. The first-order valence-corrected chi connectivity index (χ1v) is 9.12. The third-order valence-electron chi connectivity index (χ3n) is 4.42. The summed E-state index contributed by atoms with van der Waals surface area (Å²) >= 11 is 1.88. The van der Waals surface area contributed by atoms with E-state index >= 15 is 0 Å². The molecular formula is C22H21NS. The third kappa shape index (κ3) is 2.67. The van der Waals surface area contributed by atoms with Crippen LogP contribution >= 0.6 is 11.3 Å². The van der Waals surface area contributed by atoms with Crippen molar-refractivity contribution in [3.63, 3.8) is 0 Å². The molecule has 4 rings (SSSR count). The molecule has 1 N–H and O–H groups in total. The van der Waals surface area contributed by atoms with E-state index in [0.29, 0.717) is 0 Å². The van der Waals surface area contributed by atoms with Gasteiger partial charge >= 0.3 is 0 Å². The van der Waals surface area contributed by atoms with Gasteiger partial charge < -0.3 is 5.32 Å². The Balaban J connectivity index is 1.90. The van der Waals surface area contributed by atoms with Crippen molar-refractivity contribution in [1.82, 2.24) is 0 Å². The summed E-state index contributed by atoms with van der Waals surface area (Å²) in [7, 11) is 0. The Kier molecular flexibility index (Phi) is 3.58. The van der Waals surface area contributed by atoms with E-state index in [1.165, 1.54) is 31.4 Å². The first-order chi connectivity index (χ1) is 11.5. The quantitative estimate of drug-likeness (QED) is 0.413. The number of hydrogen-bond donors (Lipinski definition) is 1. The lowest BCUT2D eigenvalue weighted by atomic mass is 9.87. The van der Waals surface area contributed by atoms with Crippen LogP contribution in [0.4, 0.5) is 11.4 Å². The van der Waals surface area contributed by atoms with Crippen LogP contribution < -0.4 is 5.32 Å². The van der Waals surface area contributed by atoms with Crippen LogP contribution in [0.25, 0.3) is 20.2 Å². The van der Waals surface area contributed by atoms with Crippen LogP contribution in [0.1, 0.15) is 26.3 Å². The lowest BCUT2D eigenvalue weighted by Crippen LogP contribution is -2.10. The fourth-order valence-electron chi connectivity index (χ4n) is 3.07. The summed E-state index contributed by atoms with van der Waals surface area (Å²) < 4.78 is 2.69. The Morgan fingerprint density at radius 3 is 2.33 bits per heavy atom. The molecule has 0 unspecified atom stereocenters. The van der Waals surface area contributed by atoms with Crippen LogP contribution in [0.5, 0.6) is 0 Å². The lowest BCUT2D eigenvalue weighted by molar-refractivity contribution is 0.591. The van der Waals surface area contributed by atoms with Gasteiger partial charge in [-0.1, -0.05) is 57.2 Å². The monoisotopic (exact) mass is 331 g/mol. The predicted molar refractivity (Wildman–Crippen MR) is 108 cm³/mol. The molecule has 3 aromatic carbocycles. The molecule has 0 aliphatic rings. The number of rotatable bonds is 2. The lowest BCUT2D eigenvalue weighted by Gasteiger charge is -2.18. The molecule has 1 nitrogen and oxygen atoms in total. The molecule has 0 aliphatic heterocycles. The van der Waals surface area contributed by atoms with Gasteiger partial charge in [0.15, 0.2) is 0 Å². The molecule has 0 atom stereocenters. The van der Waals surface area contributed by atoms with Gasteiger partial charge in [-0.2, -0.15) is 0 Å². The molecular weight excluding hydrogens is 310 g/mol. The van der Waals surface area contributed by atoms with Crippen molar-refractivity contribution < 1.29 is 0 Å². The number of benzene rings is 3. The normalized spacial score (nSPS) is 12.0. The summed E-state index contributed by atoms with van der Waals surface area (Å²) in [4.78, 5) is 0. The number of thiophene rings is 1. The predicted octanol–water partition coefficient (Wildman–Crippen LogP) is 7.10. The van der Waals surface area contributed by atoms with Crippen molar-refractivity contribution in [3.8, 4) is 0 Å². The first kappa shape index (κ1) is 15.2. The molecule has 0 bridgehead atoms. The van der Waals surface area contributed by atoms with E-state index in [-0.39, 0.29) is 5.41 Å². The van der Waals surface area contributed by atoms with E-state index in [9.17, 15) is 0 Å². The minimum Gasteiger partial charge on any atom is -0.355 e. The van der Waals surface area contributed by atoms with Gasteiger partial charge in [-0.3, -0.25) is 0 Å². The molecule has 0 fully saturated rings. The number of fused-ring (bicyclic) bond motifs is 3. The van der Waals surface area contributed by atoms with E-state index in [1.54, 1.807) is 0 Å². The molecule has 0 aliphatic carbocycles. The molecule has 120 valence electrons. The minimum atomic E-state index is 0.176. The van der Waals surface area contributed by atoms with Gasteiger partial charge in [-0.05, 0) is 41.3 Å². The van der Waals surface area contributed by atoms with E-state index in [0.717, 1.165) is 5.69 Å². The number of hydrogen-bond acceptors (Lipinski definition) is 2. The van der Waals surface area contributed by atoms with Gasteiger partial charge in [-0.15, -0.1) is 11.3 Å². The van der Waals surface area contributed by atoms with Crippen molar-refractivity contribution in [1.29, 1.82) is 0 Å². The molecule has 0 amide bonds. The molecule has 0 radical (unpaired) electrons. The Labute approximate surface area is 147 Å². The van der Waals surface area contributed by atoms with Crippen LogP contribution in [0.3, 0.4) is 0 Å². The fraction of sp³-hybridized carbons (Fsp3) is 0.182. The summed E-state index contributed by atoms with van der Waals surface area (Å²) in [6, 6.07) is 23.8. The van der Waals surface area contributed by atoms with Gasteiger partial charge in [0.25, 0.3) is 0 Å². The topological polar surface area (TPSA) is 12.0 Å². The Morgan fingerprint density at radius 1 is 0.792 bits per heavy atom. The maximum absolute atomic E-state index is 3.58. The maximum atomic E-state index is 3.58. The van der Waals surface area contributed by atoms with E-state index in [1.807, 2.05) is 17.4 Å². The van der Waals surface area contributed by atoms with Crippen LogP contribution in [0.15, 0.2) is 66.7 Å². The average Bonchev–Trinajstić information content (AvgIpc) is 2.93. The Bertz CT molecular complexity index is 1010. The van der Waals surface area contributed by atoms with Crippen molar-refractivity contribution in [2.75, 3.05) is 5.32 Å². The minimum absolute atomic E-state index is 0.176. The van der Waals surface area contributed by atoms with Gasteiger partial charge in [0.1, 0.15) is 0 Å². The molecule has 0 saturated heterocycles.